The van der Waals surface area contributed by atoms with E-state index < -0.39 is 16.0 Å². The van der Waals surface area contributed by atoms with Gasteiger partial charge in [0.25, 0.3) is 0 Å². The lowest BCUT2D eigenvalue weighted by atomic mass is 10.1. The van der Waals surface area contributed by atoms with Gasteiger partial charge in [-0.25, -0.2) is 13.1 Å². The van der Waals surface area contributed by atoms with Crippen molar-refractivity contribution in [2.24, 2.45) is 0 Å². The van der Waals surface area contributed by atoms with Crippen molar-refractivity contribution >= 4 is 31.9 Å². The molecule has 1 aromatic carbocycles. The maximum atomic E-state index is 11.8. The molecule has 0 saturated carbocycles. The first-order chi connectivity index (χ1) is 9.28. The molecule has 0 fully saturated rings. The molecule has 0 radical (unpaired) electrons. The summed E-state index contributed by atoms with van der Waals surface area (Å²) >= 11 is 3.34. The van der Waals surface area contributed by atoms with Crippen molar-refractivity contribution in [2.75, 3.05) is 5.75 Å². The summed E-state index contributed by atoms with van der Waals surface area (Å²) in [7, 11) is -3.43. The maximum absolute atomic E-state index is 11.8. The van der Waals surface area contributed by atoms with Crippen LogP contribution in [0.4, 0.5) is 0 Å². The number of hydrogen-bond acceptors (Lipinski definition) is 3. The van der Waals surface area contributed by atoms with Crippen molar-refractivity contribution in [1.29, 1.82) is 0 Å². The molecule has 0 aliphatic carbocycles. The van der Waals surface area contributed by atoms with Gasteiger partial charge in [-0.15, -0.1) is 0 Å². The second-order valence-corrected chi connectivity index (χ2v) is 7.45. The number of halogens is 1. The highest BCUT2D eigenvalue weighted by Gasteiger charge is 2.15. The summed E-state index contributed by atoms with van der Waals surface area (Å²) in [4.78, 5) is 10.4. The van der Waals surface area contributed by atoms with Crippen LogP contribution in [0.1, 0.15) is 25.3 Å². The minimum atomic E-state index is -3.43. The van der Waals surface area contributed by atoms with Gasteiger partial charge in [0.1, 0.15) is 0 Å². The molecular formula is C13H18BrNO4S. The molecule has 2 N–H and O–H groups in total. The largest absolute Gasteiger partial charge is 0.481 e. The molecule has 1 atom stereocenters. The molecule has 5 nitrogen and oxygen atoms in total. The van der Waals surface area contributed by atoms with Gasteiger partial charge in [0, 0.05) is 16.9 Å². The van der Waals surface area contributed by atoms with Crippen LogP contribution < -0.4 is 4.72 Å². The number of hydrogen-bond donors (Lipinski definition) is 2. The molecule has 0 spiro atoms. The number of aliphatic carboxylic acids is 1. The van der Waals surface area contributed by atoms with Crippen LogP contribution in [0.15, 0.2) is 28.7 Å². The van der Waals surface area contributed by atoms with Gasteiger partial charge in [0.05, 0.1) is 5.75 Å². The number of sulfonamides is 1. The van der Waals surface area contributed by atoms with Gasteiger partial charge in [-0.3, -0.25) is 4.79 Å². The molecule has 0 saturated heterocycles. The molecule has 1 rings (SSSR count). The molecular weight excluding hydrogens is 346 g/mol. The highest BCUT2D eigenvalue weighted by molar-refractivity contribution is 9.10. The van der Waals surface area contributed by atoms with Crippen molar-refractivity contribution in [3.05, 3.63) is 34.3 Å². The number of rotatable bonds is 8. The Bertz CT molecular complexity index is 542. The Hall–Kier alpha value is -0.920. The summed E-state index contributed by atoms with van der Waals surface area (Å²) in [5.74, 6) is -1.15. The highest BCUT2D eigenvalue weighted by atomic mass is 79.9. The lowest BCUT2D eigenvalue weighted by Crippen LogP contribution is -2.35. The molecule has 0 aliphatic heterocycles. The minimum Gasteiger partial charge on any atom is -0.481 e. The predicted octanol–water partition coefficient (Wildman–Crippen LogP) is 2.16. The third-order valence-corrected chi connectivity index (χ3v) is 4.76. The van der Waals surface area contributed by atoms with E-state index in [4.69, 9.17) is 5.11 Å². The van der Waals surface area contributed by atoms with Crippen molar-refractivity contribution in [2.45, 2.75) is 32.2 Å². The molecule has 0 aromatic heterocycles. The van der Waals surface area contributed by atoms with E-state index in [0.717, 1.165) is 10.0 Å². The fraction of sp³-hybridized carbons (Fsp3) is 0.462. The normalized spacial score (nSPS) is 13.1. The molecule has 112 valence electrons. The number of nitrogens with one attached hydrogen (secondary N) is 1. The summed E-state index contributed by atoms with van der Waals surface area (Å²) in [5.41, 5.74) is 1.04. The van der Waals surface area contributed by atoms with Crippen molar-refractivity contribution < 1.29 is 18.3 Å². The van der Waals surface area contributed by atoms with Gasteiger partial charge in [-0.1, -0.05) is 28.1 Å². The van der Waals surface area contributed by atoms with Crippen molar-refractivity contribution in [1.82, 2.24) is 4.72 Å². The Balaban J connectivity index is 2.46. The molecule has 0 amide bonds. The van der Waals surface area contributed by atoms with E-state index >= 15 is 0 Å². The smallest absolute Gasteiger partial charge is 0.303 e. The molecule has 7 heteroatoms. The zero-order valence-corrected chi connectivity index (χ0v) is 13.6. The molecule has 20 heavy (non-hydrogen) atoms. The Morgan fingerprint density at radius 2 is 1.95 bits per heavy atom. The molecule has 0 aliphatic rings. The van der Waals surface area contributed by atoms with Crippen LogP contribution >= 0.6 is 15.9 Å². The first-order valence-electron chi connectivity index (χ1n) is 6.25. The predicted molar refractivity (Wildman–Crippen MR) is 81.1 cm³/mol. The van der Waals surface area contributed by atoms with Crippen LogP contribution in [-0.4, -0.2) is 31.3 Å². The molecule has 0 bridgehead atoms. The molecule has 0 heterocycles. The van der Waals surface area contributed by atoms with Crippen molar-refractivity contribution in [3.63, 3.8) is 0 Å². The molecule has 1 unspecified atom stereocenters. The third-order valence-electron chi connectivity index (χ3n) is 2.64. The Labute approximate surface area is 127 Å². The molecule has 1 aromatic rings. The zero-order valence-electron chi connectivity index (χ0n) is 11.2. The Morgan fingerprint density at radius 3 is 2.50 bits per heavy atom. The Morgan fingerprint density at radius 1 is 1.35 bits per heavy atom. The summed E-state index contributed by atoms with van der Waals surface area (Å²) in [5, 5.41) is 8.49. The number of carbonyl (C=O) groups is 1. The van der Waals surface area contributed by atoms with Crippen LogP contribution in [0.5, 0.6) is 0 Å². The van der Waals surface area contributed by atoms with Gasteiger partial charge < -0.3 is 5.11 Å². The Kier molecular flexibility index (Phi) is 6.64. The summed E-state index contributed by atoms with van der Waals surface area (Å²) in [6.07, 6.45) is 0.573. The van der Waals surface area contributed by atoms with Crippen LogP contribution in [-0.2, 0) is 21.2 Å². The van der Waals surface area contributed by atoms with Gasteiger partial charge >= 0.3 is 5.97 Å². The number of benzene rings is 1. The van der Waals surface area contributed by atoms with E-state index in [9.17, 15) is 13.2 Å². The summed E-state index contributed by atoms with van der Waals surface area (Å²) in [6.45, 7) is 1.79. The van der Waals surface area contributed by atoms with Gasteiger partial charge in [0.2, 0.25) is 10.0 Å². The average Bonchev–Trinajstić information content (AvgIpc) is 2.30. The van der Waals surface area contributed by atoms with Crippen LogP contribution in [0, 0.1) is 0 Å². The van der Waals surface area contributed by atoms with Crippen LogP contribution in [0.25, 0.3) is 0 Å². The number of carboxylic acids is 1. The van der Waals surface area contributed by atoms with Gasteiger partial charge in [-0.2, -0.15) is 0 Å². The van der Waals surface area contributed by atoms with Gasteiger partial charge in [0.15, 0.2) is 0 Å². The first-order valence-corrected chi connectivity index (χ1v) is 8.69. The number of carboxylic acid groups (broad SMARTS) is 1. The average molecular weight is 364 g/mol. The van der Waals surface area contributed by atoms with E-state index in [0.29, 0.717) is 6.42 Å². The topological polar surface area (TPSA) is 83.5 Å². The second-order valence-electron chi connectivity index (χ2n) is 4.67. The monoisotopic (exact) mass is 363 g/mol. The lowest BCUT2D eigenvalue weighted by Gasteiger charge is -2.14. The summed E-state index contributed by atoms with van der Waals surface area (Å²) < 4.78 is 27.0. The first kappa shape index (κ1) is 17.1. The van der Waals surface area contributed by atoms with Crippen molar-refractivity contribution in [3.8, 4) is 0 Å². The fourth-order valence-corrected chi connectivity index (χ4v) is 3.40. The SMILES string of the molecule is CC(Cc1ccc(Br)cc1)NS(=O)(=O)CCCC(=O)O. The highest BCUT2D eigenvalue weighted by Crippen LogP contribution is 2.12. The quantitative estimate of drug-likeness (QED) is 0.741. The minimum absolute atomic E-state index is 0.121. The maximum Gasteiger partial charge on any atom is 0.303 e. The lowest BCUT2D eigenvalue weighted by molar-refractivity contribution is -0.137. The standard InChI is InChI=1S/C13H18BrNO4S/c1-10(9-11-4-6-12(14)7-5-11)15-20(18,19)8-2-3-13(16)17/h4-7,10,15H,2-3,8-9H2,1H3,(H,16,17). The van der Waals surface area contributed by atoms with E-state index in [2.05, 4.69) is 20.7 Å². The van der Waals surface area contributed by atoms with Gasteiger partial charge in [-0.05, 0) is 37.5 Å². The van der Waals surface area contributed by atoms with E-state index in [1.807, 2.05) is 24.3 Å². The second kappa shape index (κ2) is 7.75. The van der Waals surface area contributed by atoms with E-state index in [1.165, 1.54) is 0 Å². The van der Waals surface area contributed by atoms with E-state index in [1.54, 1.807) is 6.92 Å². The van der Waals surface area contributed by atoms with Crippen LogP contribution in [0.2, 0.25) is 0 Å². The zero-order chi connectivity index (χ0) is 15.2. The third kappa shape index (κ3) is 7.02. The fourth-order valence-electron chi connectivity index (χ4n) is 1.79. The van der Waals surface area contributed by atoms with E-state index in [-0.39, 0.29) is 24.6 Å². The van der Waals surface area contributed by atoms with Crippen LogP contribution in [0.3, 0.4) is 0 Å². The summed E-state index contributed by atoms with van der Waals surface area (Å²) in [6, 6.07) is 7.44.